The minimum absolute atomic E-state index is 0.158. The summed E-state index contributed by atoms with van der Waals surface area (Å²) in [5.74, 6) is -3.72. The molecule has 0 fully saturated rings. The van der Waals surface area contributed by atoms with E-state index in [2.05, 4.69) is 14.8 Å². The third-order valence-corrected chi connectivity index (χ3v) is 3.75. The van der Waals surface area contributed by atoms with E-state index in [-0.39, 0.29) is 16.9 Å². The summed E-state index contributed by atoms with van der Waals surface area (Å²) in [6.45, 7) is 0. The van der Waals surface area contributed by atoms with Crippen molar-refractivity contribution in [2.24, 2.45) is 0 Å². The van der Waals surface area contributed by atoms with E-state index in [1.165, 1.54) is 30.3 Å². The topological polar surface area (TPSA) is 151 Å². The molecule has 0 spiro atoms. The number of nitrogens with zero attached hydrogens (tertiary/aromatic N) is 2. The van der Waals surface area contributed by atoms with Crippen LogP contribution in [-0.2, 0) is 19.1 Å². The van der Waals surface area contributed by atoms with Crippen LogP contribution in [0.3, 0.4) is 0 Å². The van der Waals surface area contributed by atoms with Crippen LogP contribution >= 0.6 is 0 Å². The molecule has 0 saturated heterocycles. The first-order chi connectivity index (χ1) is 13.3. The lowest BCUT2D eigenvalue weighted by molar-refractivity contribution is -0.385. The zero-order chi connectivity index (χ0) is 20.8. The second-order valence-corrected chi connectivity index (χ2v) is 5.44. The van der Waals surface area contributed by atoms with E-state index in [1.54, 1.807) is 6.07 Å². The molecule has 0 heterocycles. The summed E-state index contributed by atoms with van der Waals surface area (Å²) in [4.78, 5) is 45.0. The van der Waals surface area contributed by atoms with Crippen LogP contribution in [0.4, 0.5) is 22.7 Å². The Bertz CT molecular complexity index is 928. The Morgan fingerprint density at radius 3 is 2.07 bits per heavy atom. The summed E-state index contributed by atoms with van der Waals surface area (Å²) in [6, 6.07) is 9.23. The molecule has 0 saturated carbocycles. The van der Waals surface area contributed by atoms with Crippen molar-refractivity contribution in [1.82, 2.24) is 0 Å². The van der Waals surface area contributed by atoms with E-state index in [1.807, 2.05) is 0 Å². The highest BCUT2D eigenvalue weighted by atomic mass is 16.6. The van der Waals surface area contributed by atoms with Gasteiger partial charge < -0.3 is 14.8 Å². The molecule has 11 nitrogen and oxygen atoms in total. The van der Waals surface area contributed by atoms with E-state index >= 15 is 0 Å². The zero-order valence-electron chi connectivity index (χ0n) is 14.8. The van der Waals surface area contributed by atoms with Gasteiger partial charge in [0.25, 0.3) is 11.4 Å². The van der Waals surface area contributed by atoms with Gasteiger partial charge in [0.2, 0.25) is 0 Å². The predicted molar refractivity (Wildman–Crippen MR) is 96.2 cm³/mol. The number of carbonyl (C=O) groups excluding carboxylic acids is 2. The van der Waals surface area contributed by atoms with Crippen molar-refractivity contribution in [3.8, 4) is 0 Å². The minimum Gasteiger partial charge on any atom is -0.468 e. The number of carbonyl (C=O) groups is 2. The van der Waals surface area contributed by atoms with Gasteiger partial charge in [0.15, 0.2) is 5.92 Å². The van der Waals surface area contributed by atoms with E-state index in [4.69, 9.17) is 0 Å². The highest BCUT2D eigenvalue weighted by Gasteiger charge is 2.36. The Morgan fingerprint density at radius 2 is 1.54 bits per heavy atom. The van der Waals surface area contributed by atoms with Crippen LogP contribution in [0.15, 0.2) is 42.5 Å². The van der Waals surface area contributed by atoms with Gasteiger partial charge >= 0.3 is 11.9 Å². The van der Waals surface area contributed by atoms with Crippen molar-refractivity contribution < 1.29 is 28.9 Å². The van der Waals surface area contributed by atoms with Crippen molar-refractivity contribution in [3.05, 3.63) is 68.3 Å². The Labute approximate surface area is 158 Å². The third kappa shape index (κ3) is 4.38. The first kappa shape index (κ1) is 20.3. The van der Waals surface area contributed by atoms with Crippen LogP contribution < -0.4 is 5.32 Å². The zero-order valence-corrected chi connectivity index (χ0v) is 14.8. The standard InChI is InChI=1S/C17H15N3O8/c1-27-16(21)15(17(22)28-2)13-9-11(6-7-14(13)20(25)26)18-10-4-3-5-12(8-10)19(23)24/h3-9,15,18H,1-2H3. The quantitative estimate of drug-likeness (QED) is 0.326. The fourth-order valence-corrected chi connectivity index (χ4v) is 2.48. The molecular weight excluding hydrogens is 374 g/mol. The van der Waals surface area contributed by atoms with Crippen molar-refractivity contribution in [1.29, 1.82) is 0 Å². The molecule has 2 aromatic rings. The highest BCUT2D eigenvalue weighted by Crippen LogP contribution is 2.32. The largest absolute Gasteiger partial charge is 0.468 e. The summed E-state index contributed by atoms with van der Waals surface area (Å²) in [7, 11) is 2.07. The Kier molecular flexibility index (Phi) is 6.22. The van der Waals surface area contributed by atoms with Gasteiger partial charge in [0, 0.05) is 29.6 Å². The molecule has 2 aromatic carbocycles. The predicted octanol–water partition coefficient (Wildman–Crippen LogP) is 2.68. The molecule has 0 bridgehead atoms. The molecule has 28 heavy (non-hydrogen) atoms. The fourth-order valence-electron chi connectivity index (χ4n) is 2.48. The van der Waals surface area contributed by atoms with Crippen LogP contribution in [0, 0.1) is 20.2 Å². The Balaban J connectivity index is 2.52. The van der Waals surface area contributed by atoms with Crippen LogP contribution in [0.5, 0.6) is 0 Å². The maximum absolute atomic E-state index is 12.0. The first-order valence-electron chi connectivity index (χ1n) is 7.74. The summed E-state index contributed by atoms with van der Waals surface area (Å²) >= 11 is 0. The molecule has 146 valence electrons. The third-order valence-electron chi connectivity index (χ3n) is 3.75. The molecule has 0 aromatic heterocycles. The van der Waals surface area contributed by atoms with Crippen molar-refractivity contribution in [2.45, 2.75) is 5.92 Å². The molecule has 0 atom stereocenters. The molecule has 0 aliphatic carbocycles. The normalized spacial score (nSPS) is 10.2. The van der Waals surface area contributed by atoms with Crippen molar-refractivity contribution in [2.75, 3.05) is 19.5 Å². The lowest BCUT2D eigenvalue weighted by Gasteiger charge is -2.15. The van der Waals surface area contributed by atoms with Gasteiger partial charge in [-0.1, -0.05) is 6.07 Å². The number of hydrogen-bond donors (Lipinski definition) is 1. The number of nitro groups is 2. The maximum atomic E-state index is 12.0. The second-order valence-electron chi connectivity index (χ2n) is 5.44. The molecule has 1 N–H and O–H groups in total. The van der Waals surface area contributed by atoms with Gasteiger partial charge in [-0.15, -0.1) is 0 Å². The summed E-state index contributed by atoms with van der Waals surface area (Å²) < 4.78 is 9.13. The van der Waals surface area contributed by atoms with Gasteiger partial charge in [0.1, 0.15) is 0 Å². The van der Waals surface area contributed by atoms with Crippen LogP contribution in [-0.4, -0.2) is 36.0 Å². The lowest BCUT2D eigenvalue weighted by atomic mass is 9.96. The van der Waals surface area contributed by atoms with E-state index in [0.29, 0.717) is 5.69 Å². The average molecular weight is 389 g/mol. The van der Waals surface area contributed by atoms with Gasteiger partial charge in [-0.2, -0.15) is 0 Å². The minimum atomic E-state index is -1.66. The molecule has 0 aliphatic heterocycles. The molecule has 2 rings (SSSR count). The van der Waals surface area contributed by atoms with Crippen molar-refractivity contribution >= 4 is 34.7 Å². The second kappa shape index (κ2) is 8.58. The van der Waals surface area contributed by atoms with Crippen molar-refractivity contribution in [3.63, 3.8) is 0 Å². The number of hydrogen-bond acceptors (Lipinski definition) is 9. The number of non-ortho nitro benzene ring substituents is 1. The van der Waals surface area contributed by atoms with Gasteiger partial charge in [-0.25, -0.2) is 0 Å². The summed E-state index contributed by atoms with van der Waals surface area (Å²) in [5.41, 5.74) is -0.278. The highest BCUT2D eigenvalue weighted by molar-refractivity contribution is 6.02. The van der Waals surface area contributed by atoms with E-state index in [9.17, 15) is 29.8 Å². The maximum Gasteiger partial charge on any atom is 0.324 e. The molecule has 0 aliphatic rings. The SMILES string of the molecule is COC(=O)C(C(=O)OC)c1cc(Nc2cccc([N+](=O)[O-])c2)ccc1[N+](=O)[O-]. The van der Waals surface area contributed by atoms with Crippen LogP contribution in [0.2, 0.25) is 0 Å². The molecule has 0 radical (unpaired) electrons. The molecule has 0 unspecified atom stereocenters. The Morgan fingerprint density at radius 1 is 0.929 bits per heavy atom. The summed E-state index contributed by atoms with van der Waals surface area (Å²) in [6.07, 6.45) is 0. The number of nitrogens with one attached hydrogen (secondary N) is 1. The monoisotopic (exact) mass is 389 g/mol. The Hall–Kier alpha value is -4.02. The van der Waals surface area contributed by atoms with E-state index < -0.39 is 33.4 Å². The van der Waals surface area contributed by atoms with Gasteiger partial charge in [-0.3, -0.25) is 29.8 Å². The van der Waals surface area contributed by atoms with Gasteiger partial charge in [-0.05, 0) is 18.2 Å². The lowest BCUT2D eigenvalue weighted by Crippen LogP contribution is -2.25. The van der Waals surface area contributed by atoms with E-state index in [0.717, 1.165) is 20.3 Å². The molecule has 0 amide bonds. The van der Waals surface area contributed by atoms with Crippen LogP contribution in [0.25, 0.3) is 0 Å². The number of rotatable bonds is 7. The fraction of sp³-hybridized carbons (Fsp3) is 0.176. The first-order valence-corrected chi connectivity index (χ1v) is 7.74. The number of anilines is 2. The average Bonchev–Trinajstić information content (AvgIpc) is 2.67. The number of nitro benzene ring substituents is 2. The van der Waals surface area contributed by atoms with Gasteiger partial charge in [0.05, 0.1) is 29.6 Å². The number of benzene rings is 2. The summed E-state index contributed by atoms with van der Waals surface area (Å²) in [5, 5.41) is 25.1. The van der Waals surface area contributed by atoms with Crippen LogP contribution in [0.1, 0.15) is 11.5 Å². The smallest absolute Gasteiger partial charge is 0.324 e. The molecule has 11 heteroatoms. The number of ether oxygens (including phenoxy) is 2. The number of esters is 2. The molecular formula is C17H15N3O8. The number of methoxy groups -OCH3 is 2.